The first-order valence-corrected chi connectivity index (χ1v) is 9.25. The molecule has 0 aliphatic rings. The molecule has 0 N–H and O–H groups in total. The largest absolute Gasteiger partial charge is 0.490 e. The fraction of sp³-hybridized carbons (Fsp3) is 0.261. The lowest BCUT2D eigenvalue weighted by Gasteiger charge is -2.19. The topological polar surface area (TPSA) is 38.8 Å². The van der Waals surface area contributed by atoms with Gasteiger partial charge in [-0.1, -0.05) is 36.4 Å². The van der Waals surface area contributed by atoms with E-state index in [1.807, 2.05) is 33.0 Å². The molecular weight excluding hydrogens is 338 g/mol. The van der Waals surface area contributed by atoms with Gasteiger partial charge in [0.2, 0.25) is 0 Å². The Kier molecular flexibility index (Phi) is 5.97. The molecule has 1 amide bonds. The van der Waals surface area contributed by atoms with Crippen LogP contribution < -0.4 is 9.47 Å². The highest BCUT2D eigenvalue weighted by atomic mass is 16.5. The van der Waals surface area contributed by atoms with Gasteiger partial charge in [-0.05, 0) is 54.4 Å². The minimum atomic E-state index is -0.0489. The van der Waals surface area contributed by atoms with Crippen molar-refractivity contribution in [3.05, 3.63) is 71.8 Å². The summed E-state index contributed by atoms with van der Waals surface area (Å²) in [6.45, 7) is 5.45. The Bertz CT molecular complexity index is 936. The molecule has 0 aromatic heterocycles. The van der Waals surface area contributed by atoms with Crippen LogP contribution in [0.1, 0.15) is 29.8 Å². The quantitative estimate of drug-likeness (QED) is 0.599. The van der Waals surface area contributed by atoms with Crippen molar-refractivity contribution in [3.63, 3.8) is 0 Å². The van der Waals surface area contributed by atoms with Gasteiger partial charge >= 0.3 is 0 Å². The number of rotatable bonds is 7. The van der Waals surface area contributed by atoms with Crippen LogP contribution in [0.2, 0.25) is 0 Å². The monoisotopic (exact) mass is 363 g/mol. The molecule has 0 aliphatic heterocycles. The van der Waals surface area contributed by atoms with Crippen LogP contribution in [0.4, 0.5) is 0 Å². The van der Waals surface area contributed by atoms with Crippen molar-refractivity contribution in [2.45, 2.75) is 20.4 Å². The smallest absolute Gasteiger partial charge is 0.254 e. The third-order valence-corrected chi connectivity index (χ3v) is 4.37. The Hall–Kier alpha value is -3.01. The summed E-state index contributed by atoms with van der Waals surface area (Å²) in [5, 5.41) is 2.37. The van der Waals surface area contributed by atoms with Gasteiger partial charge in [0.05, 0.1) is 13.2 Å². The third kappa shape index (κ3) is 4.40. The zero-order valence-corrected chi connectivity index (χ0v) is 16.1. The lowest BCUT2D eigenvalue weighted by Crippen LogP contribution is -2.26. The number of carbonyl (C=O) groups excluding carboxylic acids is 1. The van der Waals surface area contributed by atoms with Crippen molar-refractivity contribution >= 4 is 16.7 Å². The van der Waals surface area contributed by atoms with Crippen LogP contribution in [0.15, 0.2) is 60.7 Å². The summed E-state index contributed by atoms with van der Waals surface area (Å²) < 4.78 is 11.2. The van der Waals surface area contributed by atoms with E-state index in [9.17, 15) is 4.79 Å². The van der Waals surface area contributed by atoms with E-state index in [0.717, 1.165) is 5.56 Å². The molecule has 0 spiro atoms. The number of hydrogen-bond donors (Lipinski definition) is 0. The van der Waals surface area contributed by atoms with Crippen LogP contribution in [0.3, 0.4) is 0 Å². The van der Waals surface area contributed by atoms with Crippen molar-refractivity contribution in [3.8, 4) is 11.5 Å². The standard InChI is InChI=1S/C23H25NO3/c1-4-26-21-13-12-20(15-22(21)27-5-2)23(25)24(3)16-17-10-11-18-8-6-7-9-19(18)14-17/h6-15H,4-5,16H2,1-3H3. The first kappa shape index (κ1) is 18.8. The molecule has 0 heterocycles. The molecule has 0 aliphatic carbocycles. The SMILES string of the molecule is CCOc1ccc(C(=O)N(C)Cc2ccc3ccccc3c2)cc1OCC. The maximum atomic E-state index is 12.9. The summed E-state index contributed by atoms with van der Waals surface area (Å²) in [4.78, 5) is 14.6. The van der Waals surface area contributed by atoms with Crippen LogP contribution >= 0.6 is 0 Å². The molecule has 3 rings (SSSR count). The van der Waals surface area contributed by atoms with Gasteiger partial charge in [0, 0.05) is 19.2 Å². The first-order chi connectivity index (χ1) is 13.1. The van der Waals surface area contributed by atoms with E-state index in [0.29, 0.717) is 36.8 Å². The number of hydrogen-bond acceptors (Lipinski definition) is 3. The first-order valence-electron chi connectivity index (χ1n) is 9.25. The van der Waals surface area contributed by atoms with Crippen molar-refractivity contribution in [1.29, 1.82) is 0 Å². The molecule has 0 atom stereocenters. The Balaban J connectivity index is 1.78. The lowest BCUT2D eigenvalue weighted by atomic mass is 10.1. The minimum absolute atomic E-state index is 0.0489. The minimum Gasteiger partial charge on any atom is -0.490 e. The molecular formula is C23H25NO3. The summed E-state index contributed by atoms with van der Waals surface area (Å²) in [5.41, 5.74) is 1.69. The van der Waals surface area contributed by atoms with Gasteiger partial charge in [0.25, 0.3) is 5.91 Å². The van der Waals surface area contributed by atoms with E-state index in [2.05, 4.69) is 30.3 Å². The summed E-state index contributed by atoms with van der Waals surface area (Å²) in [6.07, 6.45) is 0. The molecule has 0 saturated heterocycles. The Morgan fingerprint density at radius 1 is 0.852 bits per heavy atom. The second-order valence-corrected chi connectivity index (χ2v) is 6.37. The zero-order chi connectivity index (χ0) is 19.2. The molecule has 27 heavy (non-hydrogen) atoms. The molecule has 0 unspecified atom stereocenters. The van der Waals surface area contributed by atoms with E-state index in [1.165, 1.54) is 10.8 Å². The molecule has 140 valence electrons. The van der Waals surface area contributed by atoms with Crippen molar-refractivity contribution in [2.75, 3.05) is 20.3 Å². The van der Waals surface area contributed by atoms with Crippen molar-refractivity contribution in [2.24, 2.45) is 0 Å². The summed E-state index contributed by atoms with van der Waals surface area (Å²) in [7, 11) is 1.81. The second-order valence-electron chi connectivity index (χ2n) is 6.37. The third-order valence-electron chi connectivity index (χ3n) is 4.37. The molecule has 3 aromatic carbocycles. The molecule has 0 bridgehead atoms. The molecule has 0 saturated carbocycles. The van der Waals surface area contributed by atoms with E-state index < -0.39 is 0 Å². The van der Waals surface area contributed by atoms with E-state index >= 15 is 0 Å². The fourth-order valence-electron chi connectivity index (χ4n) is 3.09. The maximum Gasteiger partial charge on any atom is 0.254 e. The normalized spacial score (nSPS) is 10.6. The fourth-order valence-corrected chi connectivity index (χ4v) is 3.09. The average molecular weight is 363 g/mol. The molecule has 4 nitrogen and oxygen atoms in total. The summed E-state index contributed by atoms with van der Waals surface area (Å²) in [5.74, 6) is 1.21. The van der Waals surface area contributed by atoms with Crippen LogP contribution in [0.25, 0.3) is 10.8 Å². The molecule has 0 fully saturated rings. The number of benzene rings is 3. The predicted molar refractivity (Wildman–Crippen MR) is 109 cm³/mol. The Labute approximate surface area is 160 Å². The van der Waals surface area contributed by atoms with Gasteiger partial charge in [0.1, 0.15) is 0 Å². The number of carbonyl (C=O) groups is 1. The average Bonchev–Trinajstić information content (AvgIpc) is 2.69. The number of ether oxygens (including phenoxy) is 2. The van der Waals surface area contributed by atoms with Crippen molar-refractivity contribution < 1.29 is 14.3 Å². The highest BCUT2D eigenvalue weighted by molar-refractivity contribution is 5.94. The lowest BCUT2D eigenvalue weighted by molar-refractivity contribution is 0.0784. The summed E-state index contributed by atoms with van der Waals surface area (Å²) in [6, 6.07) is 19.8. The van der Waals surface area contributed by atoms with Gasteiger partial charge in [-0.25, -0.2) is 0 Å². The van der Waals surface area contributed by atoms with Crippen LogP contribution in [0, 0.1) is 0 Å². The molecule has 4 heteroatoms. The van der Waals surface area contributed by atoms with E-state index in [4.69, 9.17) is 9.47 Å². The highest BCUT2D eigenvalue weighted by Crippen LogP contribution is 2.29. The van der Waals surface area contributed by atoms with Gasteiger partial charge < -0.3 is 14.4 Å². The molecule has 3 aromatic rings. The maximum absolute atomic E-state index is 12.9. The second kappa shape index (κ2) is 8.58. The van der Waals surface area contributed by atoms with Crippen molar-refractivity contribution in [1.82, 2.24) is 4.90 Å². The number of nitrogens with zero attached hydrogens (tertiary/aromatic N) is 1. The van der Waals surface area contributed by atoms with Crippen LogP contribution in [-0.2, 0) is 6.54 Å². The summed E-state index contributed by atoms with van der Waals surface area (Å²) >= 11 is 0. The Morgan fingerprint density at radius 2 is 1.56 bits per heavy atom. The number of amides is 1. The van der Waals surface area contributed by atoms with Gasteiger partial charge in [-0.3, -0.25) is 4.79 Å². The predicted octanol–water partition coefficient (Wildman–Crippen LogP) is 4.91. The van der Waals surface area contributed by atoms with Gasteiger partial charge in [0.15, 0.2) is 11.5 Å². The van der Waals surface area contributed by atoms with E-state index in [-0.39, 0.29) is 5.91 Å². The Morgan fingerprint density at radius 3 is 2.30 bits per heavy atom. The highest BCUT2D eigenvalue weighted by Gasteiger charge is 2.15. The van der Waals surface area contributed by atoms with E-state index in [1.54, 1.807) is 23.1 Å². The van der Waals surface area contributed by atoms with Crippen LogP contribution in [-0.4, -0.2) is 31.1 Å². The zero-order valence-electron chi connectivity index (χ0n) is 16.1. The van der Waals surface area contributed by atoms with Gasteiger partial charge in [-0.2, -0.15) is 0 Å². The van der Waals surface area contributed by atoms with Crippen LogP contribution in [0.5, 0.6) is 11.5 Å². The van der Waals surface area contributed by atoms with Gasteiger partial charge in [-0.15, -0.1) is 0 Å². The molecule has 0 radical (unpaired) electrons. The number of fused-ring (bicyclic) bond motifs is 1.